The number of carbonyl (C=O) groups excluding carboxylic acids is 1. The molecule has 0 aliphatic heterocycles. The summed E-state index contributed by atoms with van der Waals surface area (Å²) in [6, 6.07) is 16.8. The van der Waals surface area contributed by atoms with Gasteiger partial charge in [0.15, 0.2) is 12.4 Å². The fraction of sp³-hybridized carbons (Fsp3) is 0.0588. The Morgan fingerprint density at radius 2 is 1.68 bits per heavy atom. The van der Waals surface area contributed by atoms with Gasteiger partial charge in [-0.2, -0.15) is 4.57 Å². The Morgan fingerprint density at radius 1 is 0.909 bits per heavy atom. The topological polar surface area (TPSA) is 46.7 Å². The van der Waals surface area contributed by atoms with Crippen LogP contribution in [0.4, 0.5) is 0 Å². The normalized spacial score (nSPS) is 9.82. The quantitative estimate of drug-likeness (QED) is 0.330. The summed E-state index contributed by atoms with van der Waals surface area (Å²) in [6.45, 7) is 0.277. The number of carbonyl (C=O) groups is 1. The Morgan fingerprint density at radius 3 is 2.41 bits per heavy atom. The first kappa shape index (κ1) is 16.2. The van der Waals surface area contributed by atoms with Crippen molar-refractivity contribution in [1.82, 2.24) is 9.97 Å². The highest BCUT2D eigenvalue weighted by molar-refractivity contribution is 5.93. The van der Waals surface area contributed by atoms with E-state index in [4.69, 9.17) is 0 Å². The molecular formula is C17H14IN3O. The molecule has 0 N–H and O–H groups in total. The van der Waals surface area contributed by atoms with Crippen LogP contribution >= 0.6 is 0 Å². The molecule has 0 unspecified atom stereocenters. The van der Waals surface area contributed by atoms with Gasteiger partial charge in [-0.3, -0.25) is 9.78 Å². The lowest BCUT2D eigenvalue weighted by molar-refractivity contribution is -0.683. The standard InChI is InChI=1S/C17H14N3O.HI/c21-17(13-20-11-4-1-5-12-20)16-9-6-8-15(19-16)14-7-2-3-10-18-14;/h1-12H,13H2;1H/q+1;/p-1. The van der Waals surface area contributed by atoms with E-state index in [9.17, 15) is 4.79 Å². The average molecular weight is 403 g/mol. The summed E-state index contributed by atoms with van der Waals surface area (Å²) >= 11 is 0. The van der Waals surface area contributed by atoms with E-state index in [2.05, 4.69) is 9.97 Å². The van der Waals surface area contributed by atoms with Gasteiger partial charge in [-0.25, -0.2) is 4.98 Å². The lowest BCUT2D eigenvalue weighted by Gasteiger charge is -2.02. The average Bonchev–Trinajstić information content (AvgIpc) is 2.57. The first-order chi connectivity index (χ1) is 10.3. The second-order valence-corrected chi connectivity index (χ2v) is 4.59. The van der Waals surface area contributed by atoms with Crippen molar-refractivity contribution >= 4 is 5.78 Å². The molecule has 0 aromatic carbocycles. The number of hydrogen-bond acceptors (Lipinski definition) is 3. The molecule has 5 heteroatoms. The summed E-state index contributed by atoms with van der Waals surface area (Å²) in [6.07, 6.45) is 5.44. The minimum Gasteiger partial charge on any atom is -1.00 e. The Balaban J connectivity index is 0.00000176. The van der Waals surface area contributed by atoms with Crippen LogP contribution in [0.25, 0.3) is 11.4 Å². The van der Waals surface area contributed by atoms with Crippen LogP contribution in [0.15, 0.2) is 73.2 Å². The molecule has 0 amide bonds. The highest BCUT2D eigenvalue weighted by atomic mass is 127. The van der Waals surface area contributed by atoms with Crippen molar-refractivity contribution in [2.75, 3.05) is 0 Å². The van der Waals surface area contributed by atoms with Crippen LogP contribution in [0.2, 0.25) is 0 Å². The number of pyridine rings is 3. The first-order valence-electron chi connectivity index (χ1n) is 6.69. The maximum Gasteiger partial charge on any atom is 0.245 e. The monoisotopic (exact) mass is 403 g/mol. The summed E-state index contributed by atoms with van der Waals surface area (Å²) in [4.78, 5) is 21.0. The molecule has 3 aromatic rings. The summed E-state index contributed by atoms with van der Waals surface area (Å²) in [5.41, 5.74) is 1.92. The number of Topliss-reactive ketones (excluding diaryl/α,β-unsaturated/α-hetero) is 1. The van der Waals surface area contributed by atoms with Crippen molar-refractivity contribution in [2.45, 2.75) is 6.54 Å². The largest absolute Gasteiger partial charge is 1.00 e. The van der Waals surface area contributed by atoms with Gasteiger partial charge in [-0.1, -0.05) is 18.2 Å². The summed E-state index contributed by atoms with van der Waals surface area (Å²) in [5, 5.41) is 0. The molecule has 0 saturated heterocycles. The molecule has 0 atom stereocenters. The molecule has 0 bridgehead atoms. The molecule has 110 valence electrons. The van der Waals surface area contributed by atoms with Gasteiger partial charge < -0.3 is 24.0 Å². The van der Waals surface area contributed by atoms with Crippen LogP contribution in [-0.2, 0) is 6.54 Å². The van der Waals surface area contributed by atoms with Gasteiger partial charge in [-0.15, -0.1) is 0 Å². The van der Waals surface area contributed by atoms with E-state index >= 15 is 0 Å². The molecule has 0 aliphatic rings. The summed E-state index contributed by atoms with van der Waals surface area (Å²) in [7, 11) is 0. The first-order valence-corrected chi connectivity index (χ1v) is 6.69. The maximum absolute atomic E-state index is 12.3. The van der Waals surface area contributed by atoms with Crippen molar-refractivity contribution in [3.63, 3.8) is 0 Å². The van der Waals surface area contributed by atoms with Crippen LogP contribution in [-0.4, -0.2) is 15.8 Å². The van der Waals surface area contributed by atoms with E-state index in [1.54, 1.807) is 12.3 Å². The van der Waals surface area contributed by atoms with Crippen molar-refractivity contribution < 1.29 is 33.3 Å². The Hall–Kier alpha value is -2.15. The smallest absolute Gasteiger partial charge is 0.245 e. The van der Waals surface area contributed by atoms with E-state index in [-0.39, 0.29) is 36.3 Å². The van der Waals surface area contributed by atoms with Crippen molar-refractivity contribution in [3.8, 4) is 11.4 Å². The second-order valence-electron chi connectivity index (χ2n) is 4.59. The second kappa shape index (κ2) is 7.74. The number of nitrogens with zero attached hydrogens (tertiary/aromatic N) is 3. The molecule has 3 heterocycles. The van der Waals surface area contributed by atoms with Gasteiger partial charge in [0.1, 0.15) is 5.69 Å². The zero-order valence-corrected chi connectivity index (χ0v) is 13.9. The molecule has 0 radical (unpaired) electrons. The molecule has 3 aromatic heterocycles. The van der Waals surface area contributed by atoms with E-state index in [0.29, 0.717) is 11.4 Å². The van der Waals surface area contributed by atoms with E-state index in [1.807, 2.05) is 65.5 Å². The third kappa shape index (κ3) is 3.94. The SMILES string of the molecule is O=C(C[n+]1ccccc1)c1cccc(-c2ccccn2)n1.[I-]. The Labute approximate surface area is 145 Å². The van der Waals surface area contributed by atoms with Crippen LogP contribution in [0.3, 0.4) is 0 Å². The van der Waals surface area contributed by atoms with Crippen molar-refractivity contribution in [1.29, 1.82) is 0 Å². The predicted octanol–water partition coefficient (Wildman–Crippen LogP) is -0.682. The van der Waals surface area contributed by atoms with Gasteiger partial charge in [0.2, 0.25) is 12.3 Å². The minimum atomic E-state index is -0.0241. The van der Waals surface area contributed by atoms with Crippen LogP contribution in [0.1, 0.15) is 10.5 Å². The lowest BCUT2D eigenvalue weighted by atomic mass is 10.2. The highest BCUT2D eigenvalue weighted by Crippen LogP contribution is 2.13. The number of ketones is 1. The molecular weight excluding hydrogens is 389 g/mol. The molecule has 4 nitrogen and oxygen atoms in total. The van der Waals surface area contributed by atoms with Crippen LogP contribution < -0.4 is 28.5 Å². The van der Waals surface area contributed by atoms with Gasteiger partial charge >= 0.3 is 0 Å². The summed E-state index contributed by atoms with van der Waals surface area (Å²) < 4.78 is 1.83. The maximum atomic E-state index is 12.3. The predicted molar refractivity (Wildman–Crippen MR) is 78.4 cm³/mol. The zero-order valence-electron chi connectivity index (χ0n) is 11.8. The minimum absolute atomic E-state index is 0. The van der Waals surface area contributed by atoms with Crippen LogP contribution in [0, 0.1) is 0 Å². The van der Waals surface area contributed by atoms with Gasteiger partial charge in [-0.05, 0) is 24.3 Å². The van der Waals surface area contributed by atoms with Gasteiger partial charge in [0, 0.05) is 18.3 Å². The third-order valence-corrected chi connectivity index (χ3v) is 3.07. The lowest BCUT2D eigenvalue weighted by Crippen LogP contribution is -3.00. The summed E-state index contributed by atoms with van der Waals surface area (Å²) in [5.74, 6) is -0.0241. The number of halogens is 1. The zero-order chi connectivity index (χ0) is 14.5. The van der Waals surface area contributed by atoms with E-state index < -0.39 is 0 Å². The molecule has 0 spiro atoms. The highest BCUT2D eigenvalue weighted by Gasteiger charge is 2.14. The van der Waals surface area contributed by atoms with Crippen LogP contribution in [0.5, 0.6) is 0 Å². The van der Waals surface area contributed by atoms with Gasteiger partial charge in [0.05, 0.1) is 11.4 Å². The number of rotatable bonds is 4. The van der Waals surface area contributed by atoms with Gasteiger partial charge in [0.25, 0.3) is 0 Å². The molecule has 0 aliphatic carbocycles. The number of hydrogen-bond donors (Lipinski definition) is 0. The van der Waals surface area contributed by atoms with E-state index in [1.165, 1.54) is 0 Å². The fourth-order valence-corrected chi connectivity index (χ4v) is 2.03. The molecule has 22 heavy (non-hydrogen) atoms. The van der Waals surface area contributed by atoms with E-state index in [0.717, 1.165) is 5.69 Å². The third-order valence-electron chi connectivity index (χ3n) is 3.07. The van der Waals surface area contributed by atoms with Crippen molar-refractivity contribution in [3.05, 3.63) is 78.9 Å². The number of aromatic nitrogens is 3. The molecule has 0 fully saturated rings. The van der Waals surface area contributed by atoms with Crippen molar-refractivity contribution in [2.24, 2.45) is 0 Å². The Kier molecular flexibility index (Phi) is 5.71. The molecule has 0 saturated carbocycles. The molecule has 3 rings (SSSR count). The fourth-order valence-electron chi connectivity index (χ4n) is 2.03. The Bertz CT molecular complexity index is 748.